The van der Waals surface area contributed by atoms with Gasteiger partial charge in [0.05, 0.1) is 9.35 Å². The number of thiophene rings is 1. The molecule has 0 amide bonds. The number of hydrogen-bond donors (Lipinski definition) is 1. The van der Waals surface area contributed by atoms with Crippen LogP contribution in [0.25, 0.3) is 10.4 Å². The molecule has 0 aliphatic rings. The van der Waals surface area contributed by atoms with Crippen LogP contribution >= 0.6 is 38.9 Å². The van der Waals surface area contributed by atoms with Gasteiger partial charge in [-0.15, -0.1) is 11.3 Å². The van der Waals surface area contributed by atoms with Crippen molar-refractivity contribution in [3.63, 3.8) is 0 Å². The molecule has 88 valence electrons. The largest absolute Gasteiger partial charge is 0.478 e. The van der Waals surface area contributed by atoms with Crippen molar-refractivity contribution < 1.29 is 9.90 Å². The second-order valence-corrected chi connectivity index (χ2v) is 6.29. The van der Waals surface area contributed by atoms with Crippen LogP contribution in [-0.2, 0) is 0 Å². The quantitative estimate of drug-likeness (QED) is 0.855. The van der Waals surface area contributed by atoms with Crippen molar-refractivity contribution >= 4 is 44.8 Å². The lowest BCUT2D eigenvalue weighted by molar-refractivity contribution is 0.0696. The van der Waals surface area contributed by atoms with Crippen molar-refractivity contribution in [2.75, 3.05) is 0 Å². The van der Waals surface area contributed by atoms with Gasteiger partial charge in [-0.2, -0.15) is 0 Å². The second-order valence-electron chi connectivity index (χ2n) is 3.52. The molecule has 2 nitrogen and oxygen atoms in total. The average Bonchev–Trinajstić information content (AvgIpc) is 2.55. The van der Waals surface area contributed by atoms with Crippen molar-refractivity contribution in [2.45, 2.75) is 6.92 Å². The molecule has 17 heavy (non-hydrogen) atoms. The fraction of sp³-hybridized carbons (Fsp3) is 0.0833. The molecular formula is C12H8BrClO2S. The third kappa shape index (κ3) is 2.39. The lowest BCUT2D eigenvalue weighted by Crippen LogP contribution is -1.97. The molecule has 0 atom stereocenters. The molecule has 0 bridgehead atoms. The smallest absolute Gasteiger partial charge is 0.338 e. The van der Waals surface area contributed by atoms with Crippen LogP contribution in [0.4, 0.5) is 0 Å². The molecule has 1 heterocycles. The molecule has 1 aromatic carbocycles. The molecule has 2 rings (SSSR count). The first-order valence-electron chi connectivity index (χ1n) is 4.79. The number of carbonyl (C=O) groups is 1. The van der Waals surface area contributed by atoms with E-state index in [0.717, 1.165) is 16.0 Å². The van der Waals surface area contributed by atoms with E-state index in [1.807, 2.05) is 19.1 Å². The molecule has 1 N–H and O–H groups in total. The van der Waals surface area contributed by atoms with Crippen LogP contribution in [0.3, 0.4) is 0 Å². The first-order valence-corrected chi connectivity index (χ1v) is 6.77. The Labute approximate surface area is 116 Å². The summed E-state index contributed by atoms with van der Waals surface area (Å²) in [6.45, 7) is 1.81. The lowest BCUT2D eigenvalue weighted by atomic mass is 10.1. The summed E-state index contributed by atoms with van der Waals surface area (Å²) in [6.07, 6.45) is 0. The molecular weight excluding hydrogens is 324 g/mol. The zero-order valence-electron chi connectivity index (χ0n) is 8.83. The van der Waals surface area contributed by atoms with E-state index < -0.39 is 5.97 Å². The predicted octanol–water partition coefficient (Wildman–Crippen LogP) is 4.84. The minimum atomic E-state index is -0.911. The number of benzene rings is 1. The monoisotopic (exact) mass is 330 g/mol. The number of aromatic carboxylic acids is 1. The molecule has 0 saturated heterocycles. The summed E-state index contributed by atoms with van der Waals surface area (Å²) in [5, 5.41) is 9.77. The van der Waals surface area contributed by atoms with Crippen LogP contribution in [0.5, 0.6) is 0 Å². The van der Waals surface area contributed by atoms with Gasteiger partial charge in [0.2, 0.25) is 0 Å². The van der Waals surface area contributed by atoms with Crippen LogP contribution in [-0.4, -0.2) is 11.1 Å². The second kappa shape index (κ2) is 4.80. The Kier molecular flexibility index (Phi) is 3.56. The molecule has 0 aliphatic heterocycles. The molecule has 0 fully saturated rings. The van der Waals surface area contributed by atoms with Crippen LogP contribution in [0, 0.1) is 6.92 Å². The average molecular weight is 332 g/mol. The maximum atomic E-state index is 11.1. The Morgan fingerprint density at radius 2 is 1.94 bits per heavy atom. The Morgan fingerprint density at radius 1 is 1.35 bits per heavy atom. The minimum absolute atomic E-state index is 0.333. The predicted molar refractivity (Wildman–Crippen MR) is 74.2 cm³/mol. The van der Waals surface area contributed by atoms with Gasteiger partial charge in [-0.05, 0) is 46.1 Å². The number of carboxylic acids is 1. The highest BCUT2D eigenvalue weighted by atomic mass is 79.9. The van der Waals surface area contributed by atoms with E-state index in [9.17, 15) is 4.79 Å². The lowest BCUT2D eigenvalue weighted by Gasteiger charge is -2.00. The van der Waals surface area contributed by atoms with Gasteiger partial charge in [-0.25, -0.2) is 4.79 Å². The van der Waals surface area contributed by atoms with Crippen LogP contribution in [0.1, 0.15) is 15.9 Å². The summed E-state index contributed by atoms with van der Waals surface area (Å²) in [4.78, 5) is 12.0. The highest BCUT2D eigenvalue weighted by molar-refractivity contribution is 9.11. The van der Waals surface area contributed by atoms with E-state index in [4.69, 9.17) is 16.7 Å². The van der Waals surface area contributed by atoms with Gasteiger partial charge in [0.15, 0.2) is 0 Å². The minimum Gasteiger partial charge on any atom is -0.478 e. The van der Waals surface area contributed by atoms with Crippen LogP contribution in [0.2, 0.25) is 5.02 Å². The fourth-order valence-corrected chi connectivity index (χ4v) is 3.71. The summed E-state index contributed by atoms with van der Waals surface area (Å²) in [5.74, 6) is -0.911. The molecule has 0 spiro atoms. The zero-order valence-corrected chi connectivity index (χ0v) is 12.0. The van der Waals surface area contributed by atoms with Crippen LogP contribution in [0.15, 0.2) is 28.1 Å². The van der Waals surface area contributed by atoms with E-state index in [-0.39, 0.29) is 0 Å². The topological polar surface area (TPSA) is 37.3 Å². The summed E-state index contributed by atoms with van der Waals surface area (Å²) >= 11 is 10.5. The van der Waals surface area contributed by atoms with Crippen molar-refractivity contribution in [3.8, 4) is 10.4 Å². The molecule has 0 aliphatic carbocycles. The molecule has 2 aromatic rings. The number of halogens is 2. The SMILES string of the molecule is Cc1c(-c2ccc(Cl)cc2)sc(Br)c1C(=O)O. The maximum absolute atomic E-state index is 11.1. The van der Waals surface area contributed by atoms with Crippen molar-refractivity contribution in [2.24, 2.45) is 0 Å². The molecule has 1 aromatic heterocycles. The first kappa shape index (κ1) is 12.6. The maximum Gasteiger partial charge on any atom is 0.338 e. The van der Waals surface area contributed by atoms with Gasteiger partial charge in [-0.1, -0.05) is 23.7 Å². The number of rotatable bonds is 2. The summed E-state index contributed by atoms with van der Waals surface area (Å²) in [6, 6.07) is 7.37. The summed E-state index contributed by atoms with van der Waals surface area (Å²) in [7, 11) is 0. The highest BCUT2D eigenvalue weighted by Gasteiger charge is 2.19. The van der Waals surface area contributed by atoms with Gasteiger partial charge in [0, 0.05) is 9.90 Å². The van der Waals surface area contributed by atoms with Gasteiger partial charge >= 0.3 is 5.97 Å². The first-order chi connectivity index (χ1) is 8.00. The van der Waals surface area contributed by atoms with Gasteiger partial charge < -0.3 is 5.11 Å². The van der Waals surface area contributed by atoms with E-state index in [1.165, 1.54) is 11.3 Å². The third-order valence-electron chi connectivity index (χ3n) is 2.42. The summed E-state index contributed by atoms with van der Waals surface area (Å²) < 4.78 is 0.646. The normalized spacial score (nSPS) is 10.5. The Bertz CT molecular complexity index is 575. The molecule has 0 radical (unpaired) electrons. The van der Waals surface area contributed by atoms with E-state index in [1.54, 1.807) is 12.1 Å². The molecule has 0 saturated carbocycles. The number of hydrogen-bond acceptors (Lipinski definition) is 2. The third-order valence-corrected chi connectivity index (χ3v) is 4.69. The number of carboxylic acid groups (broad SMARTS) is 1. The van der Waals surface area contributed by atoms with E-state index in [2.05, 4.69) is 15.9 Å². The Morgan fingerprint density at radius 3 is 2.41 bits per heavy atom. The van der Waals surface area contributed by atoms with Gasteiger partial charge in [0.25, 0.3) is 0 Å². The van der Waals surface area contributed by atoms with Crippen molar-refractivity contribution in [1.29, 1.82) is 0 Å². The Balaban J connectivity index is 2.57. The van der Waals surface area contributed by atoms with Crippen molar-refractivity contribution in [3.05, 3.63) is 44.2 Å². The fourth-order valence-electron chi connectivity index (χ4n) is 1.60. The van der Waals surface area contributed by atoms with Crippen molar-refractivity contribution in [1.82, 2.24) is 0 Å². The van der Waals surface area contributed by atoms with Gasteiger partial charge in [0.1, 0.15) is 0 Å². The van der Waals surface area contributed by atoms with Crippen LogP contribution < -0.4 is 0 Å². The molecule has 0 unspecified atom stereocenters. The standard InChI is InChI=1S/C12H8BrClO2S/c1-6-9(12(15)16)11(13)17-10(6)7-2-4-8(14)5-3-7/h2-5H,1H3,(H,15,16). The molecule has 5 heteroatoms. The van der Waals surface area contributed by atoms with E-state index in [0.29, 0.717) is 14.4 Å². The summed E-state index contributed by atoms with van der Waals surface area (Å²) in [5.41, 5.74) is 2.08. The highest BCUT2D eigenvalue weighted by Crippen LogP contribution is 2.39. The Hall–Kier alpha value is -0.840. The van der Waals surface area contributed by atoms with E-state index >= 15 is 0 Å². The van der Waals surface area contributed by atoms with Gasteiger partial charge in [-0.3, -0.25) is 0 Å². The zero-order chi connectivity index (χ0) is 12.6.